The van der Waals surface area contributed by atoms with E-state index in [9.17, 15) is 17.2 Å². The lowest BCUT2D eigenvalue weighted by molar-refractivity contribution is -0.0365. The fourth-order valence-electron chi connectivity index (χ4n) is 5.04. The van der Waals surface area contributed by atoms with Crippen molar-refractivity contribution in [3.63, 3.8) is 0 Å². The molecule has 0 radical (unpaired) electrons. The van der Waals surface area contributed by atoms with Crippen molar-refractivity contribution in [2.45, 2.75) is 37.3 Å². The van der Waals surface area contributed by atoms with Gasteiger partial charge in [0.1, 0.15) is 29.7 Å². The van der Waals surface area contributed by atoms with Crippen molar-refractivity contribution in [2.24, 2.45) is 0 Å². The summed E-state index contributed by atoms with van der Waals surface area (Å²) >= 11 is 0. The van der Waals surface area contributed by atoms with E-state index in [1.165, 1.54) is 24.3 Å². The minimum atomic E-state index is -3.85. The normalized spacial score (nSPS) is 15.5. The van der Waals surface area contributed by atoms with Crippen LogP contribution in [0, 0.1) is 11.6 Å². The predicted octanol–water partition coefficient (Wildman–Crippen LogP) is 6.13. The number of aromatic nitrogens is 4. The van der Waals surface area contributed by atoms with Crippen molar-refractivity contribution in [3.05, 3.63) is 83.9 Å². The summed E-state index contributed by atoms with van der Waals surface area (Å²) < 4.78 is 73.6. The van der Waals surface area contributed by atoms with Crippen LogP contribution >= 0.6 is 0 Å². The number of sulfone groups is 1. The van der Waals surface area contributed by atoms with Gasteiger partial charge in [0.05, 0.1) is 23.9 Å². The molecule has 1 aliphatic heterocycles. The van der Waals surface area contributed by atoms with Crippen LogP contribution in [0.4, 0.5) is 8.78 Å². The summed E-state index contributed by atoms with van der Waals surface area (Å²) in [6.45, 7) is 0.667. The first-order valence-electron chi connectivity index (χ1n) is 13.6. The molecule has 3 heterocycles. The van der Waals surface area contributed by atoms with E-state index in [-0.39, 0.29) is 30.0 Å². The first kappa shape index (κ1) is 28.7. The average Bonchev–Trinajstić information content (AvgIpc) is 3.39. The van der Waals surface area contributed by atoms with Crippen LogP contribution in [0.25, 0.3) is 33.4 Å². The van der Waals surface area contributed by atoms with Crippen LogP contribution in [-0.4, -0.2) is 48.1 Å². The largest absolute Gasteiger partial charge is 0.497 e. The monoisotopic (exact) mass is 606 g/mol. The summed E-state index contributed by atoms with van der Waals surface area (Å²) in [5.41, 5.74) is 2.03. The van der Waals surface area contributed by atoms with Gasteiger partial charge < -0.3 is 14.2 Å². The van der Waals surface area contributed by atoms with Crippen LogP contribution in [0.3, 0.4) is 0 Å². The highest BCUT2D eigenvalue weighted by Gasteiger charge is 2.25. The zero-order chi connectivity index (χ0) is 30.1. The number of halogens is 2. The van der Waals surface area contributed by atoms with Gasteiger partial charge in [-0.1, -0.05) is 24.3 Å². The lowest BCUT2D eigenvalue weighted by Gasteiger charge is -2.23. The second kappa shape index (κ2) is 11.7. The van der Waals surface area contributed by atoms with E-state index in [4.69, 9.17) is 19.3 Å². The zero-order valence-corrected chi connectivity index (χ0v) is 24.3. The molecule has 1 unspecified atom stereocenters. The SMILES string of the molecule is COc1ccc(COc2cc(-c3nn(C4CCCCO4)c4ccc(-c5c(F)cccc5F)cc34)nc(S(C)(=O)=O)n2)cc1. The lowest BCUT2D eigenvalue weighted by Crippen LogP contribution is -2.19. The standard InChI is InChI=1S/C31H28F2N4O5S/c1-40-21-12-9-19(10-13-21)18-42-27-17-25(34-31(35-27)43(2,38)39)30-22-16-20(29-23(32)6-5-7-24(29)33)11-14-26(22)37(36-30)28-8-3-4-15-41-28/h5-7,9-14,16-17,28H,3-4,8,15,18H2,1-2H3. The molecule has 5 aromatic rings. The Morgan fingerprint density at radius 2 is 1.77 bits per heavy atom. The van der Waals surface area contributed by atoms with Crippen LogP contribution < -0.4 is 9.47 Å². The Labute approximate surface area is 247 Å². The van der Waals surface area contributed by atoms with Crippen molar-refractivity contribution in [2.75, 3.05) is 20.0 Å². The van der Waals surface area contributed by atoms with Crippen molar-refractivity contribution in [1.82, 2.24) is 19.7 Å². The maximum atomic E-state index is 14.8. The molecular formula is C31H28F2N4O5S. The fourth-order valence-corrected chi connectivity index (χ4v) is 5.56. The fraction of sp³-hybridized carbons (Fsp3) is 0.258. The Bertz CT molecular complexity index is 1890. The van der Waals surface area contributed by atoms with Gasteiger partial charge in [-0.25, -0.2) is 26.9 Å². The maximum Gasteiger partial charge on any atom is 0.250 e. The van der Waals surface area contributed by atoms with Crippen LogP contribution in [0.1, 0.15) is 31.1 Å². The summed E-state index contributed by atoms with van der Waals surface area (Å²) in [4.78, 5) is 8.48. The molecule has 0 N–H and O–H groups in total. The van der Waals surface area contributed by atoms with Gasteiger partial charge in [-0.05, 0) is 66.8 Å². The Morgan fingerprint density at radius 3 is 2.44 bits per heavy atom. The van der Waals surface area contributed by atoms with Gasteiger partial charge >= 0.3 is 0 Å². The van der Waals surface area contributed by atoms with Gasteiger partial charge in [0.25, 0.3) is 5.16 Å². The first-order valence-corrected chi connectivity index (χ1v) is 15.5. The highest BCUT2D eigenvalue weighted by Crippen LogP contribution is 2.37. The summed E-state index contributed by atoms with van der Waals surface area (Å²) in [7, 11) is -2.28. The third kappa shape index (κ3) is 5.93. The third-order valence-corrected chi connectivity index (χ3v) is 8.03. The number of hydrogen-bond donors (Lipinski definition) is 0. The van der Waals surface area contributed by atoms with E-state index in [1.54, 1.807) is 42.1 Å². The number of benzene rings is 3. The molecule has 3 aromatic carbocycles. The summed E-state index contributed by atoms with van der Waals surface area (Å²) in [5, 5.41) is 4.88. The highest BCUT2D eigenvalue weighted by atomic mass is 32.2. The number of fused-ring (bicyclic) bond motifs is 1. The summed E-state index contributed by atoms with van der Waals surface area (Å²) in [6, 6.07) is 17.4. The molecule has 43 heavy (non-hydrogen) atoms. The predicted molar refractivity (Wildman–Crippen MR) is 155 cm³/mol. The zero-order valence-electron chi connectivity index (χ0n) is 23.5. The molecule has 12 heteroatoms. The molecule has 0 aliphatic carbocycles. The van der Waals surface area contributed by atoms with Crippen molar-refractivity contribution in [3.8, 4) is 34.1 Å². The van der Waals surface area contributed by atoms with E-state index < -0.39 is 26.6 Å². The van der Waals surface area contributed by atoms with Gasteiger partial charge in [0.2, 0.25) is 15.7 Å². The third-order valence-electron chi connectivity index (χ3n) is 7.19. The smallest absolute Gasteiger partial charge is 0.250 e. The molecule has 6 rings (SSSR count). The Morgan fingerprint density at radius 1 is 1.00 bits per heavy atom. The minimum absolute atomic E-state index is 0.0224. The molecule has 1 atom stereocenters. The van der Waals surface area contributed by atoms with E-state index in [0.29, 0.717) is 40.9 Å². The van der Waals surface area contributed by atoms with Crippen molar-refractivity contribution >= 4 is 20.7 Å². The molecule has 2 aromatic heterocycles. The minimum Gasteiger partial charge on any atom is -0.497 e. The number of methoxy groups -OCH3 is 1. The second-order valence-corrected chi connectivity index (χ2v) is 12.1. The van der Waals surface area contributed by atoms with E-state index >= 15 is 0 Å². The molecule has 1 saturated heterocycles. The van der Waals surface area contributed by atoms with Crippen LogP contribution in [0.15, 0.2) is 71.9 Å². The van der Waals surface area contributed by atoms with E-state index in [0.717, 1.165) is 24.7 Å². The highest BCUT2D eigenvalue weighted by molar-refractivity contribution is 7.90. The van der Waals surface area contributed by atoms with Gasteiger partial charge in [-0.2, -0.15) is 10.1 Å². The topological polar surface area (TPSA) is 105 Å². The van der Waals surface area contributed by atoms with Crippen molar-refractivity contribution in [1.29, 1.82) is 0 Å². The molecular weight excluding hydrogens is 578 g/mol. The molecule has 0 bridgehead atoms. The quantitative estimate of drug-likeness (QED) is 0.194. The van der Waals surface area contributed by atoms with Crippen LogP contribution in [-0.2, 0) is 21.2 Å². The molecule has 1 aliphatic rings. The maximum absolute atomic E-state index is 14.8. The number of hydrogen-bond acceptors (Lipinski definition) is 8. The Balaban J connectivity index is 1.49. The van der Waals surface area contributed by atoms with Gasteiger partial charge in [-0.3, -0.25) is 0 Å². The first-order chi connectivity index (χ1) is 20.7. The number of ether oxygens (including phenoxy) is 3. The molecule has 9 nitrogen and oxygen atoms in total. The van der Waals surface area contributed by atoms with E-state index in [2.05, 4.69) is 9.97 Å². The number of nitrogens with zero attached hydrogens (tertiary/aromatic N) is 4. The number of rotatable bonds is 8. The Hall–Kier alpha value is -4.42. The average molecular weight is 607 g/mol. The molecule has 0 saturated carbocycles. The summed E-state index contributed by atoms with van der Waals surface area (Å²) in [5.74, 6) is -0.709. The molecule has 222 valence electrons. The van der Waals surface area contributed by atoms with Crippen LogP contribution in [0.5, 0.6) is 11.6 Å². The molecule has 0 spiro atoms. The molecule has 1 fully saturated rings. The Kier molecular flexibility index (Phi) is 7.80. The second-order valence-electron chi connectivity index (χ2n) is 10.2. The van der Waals surface area contributed by atoms with E-state index in [1.807, 2.05) is 12.1 Å². The van der Waals surface area contributed by atoms with Gasteiger partial charge in [0, 0.05) is 24.3 Å². The van der Waals surface area contributed by atoms with Gasteiger partial charge in [-0.15, -0.1) is 0 Å². The lowest BCUT2D eigenvalue weighted by atomic mass is 10.0. The molecule has 0 amide bonds. The van der Waals surface area contributed by atoms with Crippen molar-refractivity contribution < 1.29 is 31.4 Å². The summed E-state index contributed by atoms with van der Waals surface area (Å²) in [6.07, 6.45) is 3.22. The van der Waals surface area contributed by atoms with Gasteiger partial charge in [0.15, 0.2) is 6.23 Å². The van der Waals surface area contributed by atoms with Crippen LogP contribution in [0.2, 0.25) is 0 Å².